The highest BCUT2D eigenvalue weighted by atomic mass is 16.3. The predicted molar refractivity (Wildman–Crippen MR) is 71.3 cm³/mol. The number of benzene rings is 1. The average molecular weight is 237 g/mol. The molecule has 1 rings (SSSR count). The largest absolute Gasteiger partial charge is 0.396 e. The first-order valence-corrected chi connectivity index (χ1v) is 6.21. The topological polar surface area (TPSA) is 43.7 Å². The quantitative estimate of drug-likeness (QED) is 0.714. The third-order valence-corrected chi connectivity index (χ3v) is 3.01. The minimum absolute atomic E-state index is 0.0985. The highest BCUT2D eigenvalue weighted by Crippen LogP contribution is 2.20. The van der Waals surface area contributed by atoms with E-state index in [1.165, 1.54) is 11.3 Å². The van der Waals surface area contributed by atoms with Gasteiger partial charge in [-0.25, -0.2) is 0 Å². The second-order valence-electron chi connectivity index (χ2n) is 4.48. The Morgan fingerprint density at radius 3 is 2.47 bits per heavy atom. The molecule has 0 bridgehead atoms. The Labute approximate surface area is 104 Å². The van der Waals surface area contributed by atoms with Crippen molar-refractivity contribution in [2.45, 2.75) is 32.8 Å². The average Bonchev–Trinajstić information content (AvgIpc) is 2.34. The van der Waals surface area contributed by atoms with Gasteiger partial charge in [-0.05, 0) is 43.4 Å². The second kappa shape index (κ2) is 7.30. The molecule has 0 fully saturated rings. The van der Waals surface area contributed by atoms with Crippen LogP contribution in [0.1, 0.15) is 30.4 Å². The Balaban J connectivity index is 2.53. The molecular weight excluding hydrogens is 214 g/mol. The summed E-state index contributed by atoms with van der Waals surface area (Å²) in [5, 5.41) is 17.8. The minimum atomic E-state index is 0.0985. The van der Waals surface area contributed by atoms with Crippen molar-refractivity contribution in [2.75, 3.05) is 25.1 Å². The Kier molecular flexibility index (Phi) is 6.01. The Morgan fingerprint density at radius 2 is 1.88 bits per heavy atom. The molecule has 0 aromatic heterocycles. The number of hydrogen-bond donors (Lipinski definition) is 2. The van der Waals surface area contributed by atoms with Crippen molar-refractivity contribution in [1.82, 2.24) is 0 Å². The van der Waals surface area contributed by atoms with Crippen molar-refractivity contribution >= 4 is 5.69 Å². The van der Waals surface area contributed by atoms with E-state index in [1.54, 1.807) is 0 Å². The van der Waals surface area contributed by atoms with Gasteiger partial charge in [-0.2, -0.15) is 0 Å². The van der Waals surface area contributed by atoms with E-state index in [1.807, 2.05) is 12.1 Å². The first-order chi connectivity index (χ1) is 8.19. The fourth-order valence-electron chi connectivity index (χ4n) is 2.00. The van der Waals surface area contributed by atoms with E-state index < -0.39 is 0 Å². The van der Waals surface area contributed by atoms with Gasteiger partial charge in [0, 0.05) is 25.9 Å². The lowest BCUT2D eigenvalue weighted by molar-refractivity contribution is 0.282. The van der Waals surface area contributed by atoms with Crippen molar-refractivity contribution in [3.05, 3.63) is 29.3 Å². The summed E-state index contributed by atoms with van der Waals surface area (Å²) < 4.78 is 0. The molecule has 1 aromatic carbocycles. The van der Waals surface area contributed by atoms with Crippen LogP contribution in [0, 0.1) is 6.92 Å². The highest BCUT2D eigenvalue weighted by Gasteiger charge is 2.04. The summed E-state index contributed by atoms with van der Waals surface area (Å²) in [6.07, 6.45) is 3.04. The van der Waals surface area contributed by atoms with E-state index in [0.29, 0.717) is 0 Å². The van der Waals surface area contributed by atoms with Crippen molar-refractivity contribution in [1.29, 1.82) is 0 Å². The molecule has 0 saturated heterocycles. The van der Waals surface area contributed by atoms with Crippen LogP contribution in [0.25, 0.3) is 0 Å². The van der Waals surface area contributed by atoms with Crippen LogP contribution in [0.3, 0.4) is 0 Å². The van der Waals surface area contributed by atoms with Gasteiger partial charge in [-0.3, -0.25) is 0 Å². The molecule has 0 spiro atoms. The molecule has 0 unspecified atom stereocenters. The molecule has 0 saturated carbocycles. The molecule has 0 heterocycles. The van der Waals surface area contributed by atoms with E-state index in [0.717, 1.165) is 31.4 Å². The zero-order valence-electron chi connectivity index (χ0n) is 10.8. The summed E-state index contributed by atoms with van der Waals surface area (Å²) in [6, 6.07) is 6.05. The summed E-state index contributed by atoms with van der Waals surface area (Å²) in [6.45, 7) is 3.45. The van der Waals surface area contributed by atoms with Gasteiger partial charge in [0.2, 0.25) is 0 Å². The molecule has 0 radical (unpaired) electrons. The Morgan fingerprint density at radius 1 is 1.12 bits per heavy atom. The van der Waals surface area contributed by atoms with Gasteiger partial charge in [-0.1, -0.05) is 12.1 Å². The smallest absolute Gasteiger partial charge is 0.0681 e. The number of nitrogens with zero attached hydrogens (tertiary/aromatic N) is 1. The van der Waals surface area contributed by atoms with E-state index in [4.69, 9.17) is 10.2 Å². The van der Waals surface area contributed by atoms with E-state index >= 15 is 0 Å². The fourth-order valence-corrected chi connectivity index (χ4v) is 2.00. The number of rotatable bonds is 7. The molecule has 0 aliphatic carbocycles. The van der Waals surface area contributed by atoms with Crippen LogP contribution in [-0.4, -0.2) is 30.4 Å². The highest BCUT2D eigenvalue weighted by molar-refractivity contribution is 5.53. The monoisotopic (exact) mass is 237 g/mol. The number of aliphatic hydroxyl groups is 2. The molecule has 0 aliphatic rings. The number of hydrogen-bond acceptors (Lipinski definition) is 3. The van der Waals surface area contributed by atoms with Crippen LogP contribution in [0.2, 0.25) is 0 Å². The third kappa shape index (κ3) is 4.36. The van der Waals surface area contributed by atoms with Crippen molar-refractivity contribution in [2.24, 2.45) is 0 Å². The van der Waals surface area contributed by atoms with Crippen LogP contribution >= 0.6 is 0 Å². The zero-order chi connectivity index (χ0) is 12.7. The summed E-state index contributed by atoms with van der Waals surface area (Å²) in [5.41, 5.74) is 3.37. The maximum Gasteiger partial charge on any atom is 0.0681 e. The van der Waals surface area contributed by atoms with E-state index in [-0.39, 0.29) is 13.2 Å². The maximum absolute atomic E-state index is 9.05. The number of aliphatic hydroxyl groups excluding tert-OH is 2. The lowest BCUT2D eigenvalue weighted by Gasteiger charge is -2.21. The first-order valence-electron chi connectivity index (χ1n) is 6.21. The van der Waals surface area contributed by atoms with Crippen molar-refractivity contribution in [3.63, 3.8) is 0 Å². The van der Waals surface area contributed by atoms with Crippen LogP contribution in [-0.2, 0) is 6.61 Å². The van der Waals surface area contributed by atoms with Gasteiger partial charge >= 0.3 is 0 Å². The lowest BCUT2D eigenvalue weighted by atomic mass is 10.1. The van der Waals surface area contributed by atoms with Crippen molar-refractivity contribution < 1.29 is 10.2 Å². The van der Waals surface area contributed by atoms with Crippen molar-refractivity contribution in [3.8, 4) is 0 Å². The normalized spacial score (nSPS) is 10.6. The molecule has 3 heteroatoms. The van der Waals surface area contributed by atoms with E-state index in [9.17, 15) is 0 Å². The zero-order valence-corrected chi connectivity index (χ0v) is 10.8. The van der Waals surface area contributed by atoms with Gasteiger partial charge in [0.1, 0.15) is 0 Å². The summed E-state index contributed by atoms with van der Waals surface area (Å²) >= 11 is 0. The molecule has 1 aromatic rings. The molecule has 17 heavy (non-hydrogen) atoms. The van der Waals surface area contributed by atoms with E-state index in [2.05, 4.69) is 24.9 Å². The molecule has 0 amide bonds. The van der Waals surface area contributed by atoms with Crippen LogP contribution in [0.5, 0.6) is 0 Å². The van der Waals surface area contributed by atoms with Crippen LogP contribution in [0.4, 0.5) is 5.69 Å². The van der Waals surface area contributed by atoms with Gasteiger partial charge in [0.25, 0.3) is 0 Å². The van der Waals surface area contributed by atoms with Crippen LogP contribution < -0.4 is 4.90 Å². The van der Waals surface area contributed by atoms with Gasteiger partial charge < -0.3 is 15.1 Å². The summed E-state index contributed by atoms with van der Waals surface area (Å²) in [7, 11) is 2.08. The number of aryl methyl sites for hydroxylation is 1. The molecular formula is C14H23NO2. The second-order valence-corrected chi connectivity index (χ2v) is 4.48. The summed E-state index contributed by atoms with van der Waals surface area (Å²) in [5.74, 6) is 0. The Hall–Kier alpha value is -1.06. The SMILES string of the molecule is Cc1cc(CO)ccc1N(C)CCCCCO. The summed E-state index contributed by atoms with van der Waals surface area (Å²) in [4.78, 5) is 2.23. The number of unbranched alkanes of at least 4 members (excludes halogenated alkanes) is 2. The molecule has 0 aliphatic heterocycles. The molecule has 96 valence electrons. The molecule has 2 N–H and O–H groups in total. The van der Waals surface area contributed by atoms with Crippen LogP contribution in [0.15, 0.2) is 18.2 Å². The minimum Gasteiger partial charge on any atom is -0.396 e. The first kappa shape index (κ1) is 14.0. The molecule has 3 nitrogen and oxygen atoms in total. The predicted octanol–water partition coefficient (Wildman–Crippen LogP) is 2.09. The van der Waals surface area contributed by atoms with Gasteiger partial charge in [0.15, 0.2) is 0 Å². The fraction of sp³-hybridized carbons (Fsp3) is 0.571. The lowest BCUT2D eigenvalue weighted by Crippen LogP contribution is -2.19. The number of anilines is 1. The third-order valence-electron chi connectivity index (χ3n) is 3.01. The molecule has 0 atom stereocenters. The van der Waals surface area contributed by atoms with Gasteiger partial charge in [-0.15, -0.1) is 0 Å². The van der Waals surface area contributed by atoms with Gasteiger partial charge in [0.05, 0.1) is 6.61 Å². The Bertz CT molecular complexity index is 339. The standard InChI is InChI=1S/C14H23NO2/c1-12-10-13(11-17)6-7-14(12)15(2)8-4-3-5-9-16/h6-7,10,16-17H,3-5,8-9,11H2,1-2H3. The maximum atomic E-state index is 9.05.